The molecule has 0 spiro atoms. The molecular formula is C17H24N2OS. The molecule has 1 aromatic heterocycles. The maximum Gasteiger partial charge on any atom is 0.119 e. The van der Waals surface area contributed by atoms with Crippen LogP contribution >= 0.6 is 11.3 Å². The lowest BCUT2D eigenvalue weighted by atomic mass is 10.1. The van der Waals surface area contributed by atoms with E-state index in [9.17, 15) is 0 Å². The van der Waals surface area contributed by atoms with Gasteiger partial charge in [0, 0.05) is 17.5 Å². The Bertz CT molecular complexity index is 548. The van der Waals surface area contributed by atoms with Crippen molar-refractivity contribution < 1.29 is 4.74 Å². The lowest BCUT2D eigenvalue weighted by Gasteiger charge is -2.15. The third-order valence-electron chi connectivity index (χ3n) is 3.38. The third-order valence-corrected chi connectivity index (χ3v) is 4.31. The number of ether oxygens (including phenoxy) is 1. The summed E-state index contributed by atoms with van der Waals surface area (Å²) in [6.07, 6.45) is 0. The van der Waals surface area contributed by atoms with Crippen LogP contribution in [0.25, 0.3) is 0 Å². The van der Waals surface area contributed by atoms with Gasteiger partial charge in [-0.25, -0.2) is 4.98 Å². The van der Waals surface area contributed by atoms with Crippen LogP contribution in [-0.2, 0) is 6.54 Å². The highest BCUT2D eigenvalue weighted by Gasteiger charge is 2.07. The zero-order valence-corrected chi connectivity index (χ0v) is 14.0. The topological polar surface area (TPSA) is 34.2 Å². The first kappa shape index (κ1) is 16.0. The number of hydrogen-bond donors (Lipinski definition) is 1. The Morgan fingerprint density at radius 2 is 1.90 bits per heavy atom. The predicted octanol–water partition coefficient (Wildman–Crippen LogP) is 4.34. The molecule has 0 saturated heterocycles. The van der Waals surface area contributed by atoms with Crippen molar-refractivity contribution in [3.8, 4) is 5.75 Å². The van der Waals surface area contributed by atoms with Gasteiger partial charge in [-0.15, -0.1) is 11.3 Å². The summed E-state index contributed by atoms with van der Waals surface area (Å²) in [4.78, 5) is 5.58. The van der Waals surface area contributed by atoms with Crippen LogP contribution < -0.4 is 10.1 Å². The van der Waals surface area contributed by atoms with E-state index >= 15 is 0 Å². The summed E-state index contributed by atoms with van der Waals surface area (Å²) in [7, 11) is 0. The fourth-order valence-electron chi connectivity index (χ4n) is 1.98. The van der Waals surface area contributed by atoms with Crippen molar-refractivity contribution in [2.45, 2.75) is 40.3 Å². The Balaban J connectivity index is 1.87. The predicted molar refractivity (Wildman–Crippen MR) is 88.9 cm³/mol. The molecule has 1 aromatic carbocycles. The number of hydrogen-bond acceptors (Lipinski definition) is 4. The van der Waals surface area contributed by atoms with Crippen LogP contribution in [0.3, 0.4) is 0 Å². The van der Waals surface area contributed by atoms with Crippen molar-refractivity contribution >= 4 is 11.3 Å². The summed E-state index contributed by atoms with van der Waals surface area (Å²) < 4.78 is 5.71. The number of thiazole rings is 1. The van der Waals surface area contributed by atoms with Crippen molar-refractivity contribution in [3.05, 3.63) is 45.9 Å². The van der Waals surface area contributed by atoms with Crippen LogP contribution in [0.15, 0.2) is 29.8 Å². The molecule has 114 valence electrons. The molecule has 0 amide bonds. The van der Waals surface area contributed by atoms with Crippen LogP contribution in [0.1, 0.15) is 42.9 Å². The number of aryl methyl sites for hydroxylation is 1. The first-order valence-electron chi connectivity index (χ1n) is 7.41. The molecule has 2 aromatic rings. The zero-order chi connectivity index (χ0) is 15.2. The fourth-order valence-corrected chi connectivity index (χ4v) is 2.70. The van der Waals surface area contributed by atoms with E-state index in [1.54, 1.807) is 11.3 Å². The highest BCUT2D eigenvalue weighted by molar-refractivity contribution is 7.09. The average Bonchev–Trinajstić information content (AvgIpc) is 2.88. The summed E-state index contributed by atoms with van der Waals surface area (Å²) in [6, 6.07) is 8.67. The van der Waals surface area contributed by atoms with Gasteiger partial charge in [0.1, 0.15) is 5.75 Å². The summed E-state index contributed by atoms with van der Waals surface area (Å²) in [5.74, 6) is 1.49. The van der Waals surface area contributed by atoms with Gasteiger partial charge >= 0.3 is 0 Å². The molecule has 2 rings (SSSR count). The first-order valence-corrected chi connectivity index (χ1v) is 8.29. The number of nitrogens with zero attached hydrogens (tertiary/aromatic N) is 1. The van der Waals surface area contributed by atoms with E-state index in [1.807, 2.05) is 17.6 Å². The molecule has 3 nitrogen and oxygen atoms in total. The van der Waals surface area contributed by atoms with Crippen LogP contribution in [0.4, 0.5) is 0 Å². The smallest absolute Gasteiger partial charge is 0.119 e. The quantitative estimate of drug-likeness (QED) is 0.826. The molecule has 0 fully saturated rings. The molecule has 1 unspecified atom stereocenters. The summed E-state index contributed by atoms with van der Waals surface area (Å²) >= 11 is 1.70. The van der Waals surface area contributed by atoms with E-state index in [4.69, 9.17) is 4.74 Å². The van der Waals surface area contributed by atoms with Gasteiger partial charge in [0.2, 0.25) is 0 Å². The third kappa shape index (κ3) is 4.83. The van der Waals surface area contributed by atoms with Gasteiger partial charge in [-0.05, 0) is 37.5 Å². The molecule has 1 N–H and O–H groups in total. The van der Waals surface area contributed by atoms with Gasteiger partial charge in [0.15, 0.2) is 0 Å². The lowest BCUT2D eigenvalue weighted by molar-refractivity contribution is 0.271. The molecular weight excluding hydrogens is 280 g/mol. The number of rotatable bonds is 7. The Morgan fingerprint density at radius 3 is 2.48 bits per heavy atom. The van der Waals surface area contributed by atoms with Gasteiger partial charge < -0.3 is 10.1 Å². The maximum atomic E-state index is 5.71. The van der Waals surface area contributed by atoms with Gasteiger partial charge in [-0.2, -0.15) is 0 Å². The minimum atomic E-state index is 0.311. The summed E-state index contributed by atoms with van der Waals surface area (Å²) in [5, 5.41) is 3.54. The van der Waals surface area contributed by atoms with Crippen LogP contribution in [0, 0.1) is 12.8 Å². The zero-order valence-electron chi connectivity index (χ0n) is 13.2. The van der Waals surface area contributed by atoms with Gasteiger partial charge in [0.25, 0.3) is 0 Å². The second-order valence-corrected chi connectivity index (χ2v) is 6.68. The van der Waals surface area contributed by atoms with E-state index in [2.05, 4.69) is 50.1 Å². The second-order valence-electron chi connectivity index (χ2n) is 5.74. The number of benzene rings is 1. The van der Waals surface area contributed by atoms with Crippen LogP contribution in [0.2, 0.25) is 0 Å². The molecule has 1 atom stereocenters. The van der Waals surface area contributed by atoms with Crippen LogP contribution in [0.5, 0.6) is 5.75 Å². The molecule has 0 radical (unpaired) electrons. The number of nitrogens with one attached hydrogen (secondary N) is 1. The lowest BCUT2D eigenvalue weighted by Crippen LogP contribution is -2.17. The molecule has 1 heterocycles. The Kier molecular flexibility index (Phi) is 5.76. The van der Waals surface area contributed by atoms with Crippen LogP contribution in [-0.4, -0.2) is 11.6 Å². The molecule has 21 heavy (non-hydrogen) atoms. The summed E-state index contributed by atoms with van der Waals surface area (Å²) in [5.41, 5.74) is 4.30. The molecule has 0 saturated carbocycles. The van der Waals surface area contributed by atoms with Crippen molar-refractivity contribution in [2.75, 3.05) is 6.61 Å². The normalized spacial score (nSPS) is 12.6. The van der Waals surface area contributed by atoms with Gasteiger partial charge in [0.05, 0.1) is 17.8 Å². The van der Waals surface area contributed by atoms with E-state index in [1.165, 1.54) is 10.4 Å². The Hall–Kier alpha value is -1.39. The highest BCUT2D eigenvalue weighted by atomic mass is 32.1. The Labute approximate surface area is 131 Å². The standard InChI is InChI=1S/C17H24N2OS/c1-12(2)10-20-16-7-5-15(6-8-16)13(3)18-9-17-14(4)19-11-21-17/h5-8,11-13,18H,9-10H2,1-4H3. The first-order chi connectivity index (χ1) is 10.1. The number of aromatic nitrogens is 1. The van der Waals surface area contributed by atoms with Crippen molar-refractivity contribution in [2.24, 2.45) is 5.92 Å². The molecule has 0 aliphatic carbocycles. The average molecular weight is 304 g/mol. The fraction of sp³-hybridized carbons (Fsp3) is 0.471. The van der Waals surface area contributed by atoms with Crippen molar-refractivity contribution in [1.29, 1.82) is 0 Å². The Morgan fingerprint density at radius 1 is 1.19 bits per heavy atom. The summed E-state index contributed by atoms with van der Waals surface area (Å²) in [6.45, 7) is 10.2. The highest BCUT2D eigenvalue weighted by Crippen LogP contribution is 2.19. The molecule has 0 aliphatic rings. The van der Waals surface area contributed by atoms with Crippen molar-refractivity contribution in [3.63, 3.8) is 0 Å². The van der Waals surface area contributed by atoms with Gasteiger partial charge in [-0.1, -0.05) is 26.0 Å². The minimum absolute atomic E-state index is 0.311. The van der Waals surface area contributed by atoms with E-state index in [0.29, 0.717) is 12.0 Å². The second kappa shape index (κ2) is 7.57. The monoisotopic (exact) mass is 304 g/mol. The van der Waals surface area contributed by atoms with Gasteiger partial charge in [-0.3, -0.25) is 0 Å². The van der Waals surface area contributed by atoms with E-state index in [0.717, 1.165) is 24.6 Å². The van der Waals surface area contributed by atoms with E-state index in [-0.39, 0.29) is 0 Å². The maximum absolute atomic E-state index is 5.71. The molecule has 0 bridgehead atoms. The SMILES string of the molecule is Cc1ncsc1CNC(C)c1ccc(OCC(C)C)cc1. The molecule has 4 heteroatoms. The minimum Gasteiger partial charge on any atom is -0.493 e. The van der Waals surface area contributed by atoms with Crippen molar-refractivity contribution in [1.82, 2.24) is 10.3 Å². The molecule has 0 aliphatic heterocycles. The van der Waals surface area contributed by atoms with E-state index < -0.39 is 0 Å². The largest absolute Gasteiger partial charge is 0.493 e.